The predicted octanol–water partition coefficient (Wildman–Crippen LogP) is 1.05. The minimum absolute atomic E-state index is 0.262. The van der Waals surface area contributed by atoms with Crippen molar-refractivity contribution >= 4 is 40.5 Å². The number of urea groups is 1. The molecule has 0 aromatic heterocycles. The molecule has 0 aliphatic carbocycles. The Morgan fingerprint density at radius 1 is 1.35 bits per heavy atom. The summed E-state index contributed by atoms with van der Waals surface area (Å²) in [6.45, 7) is 0.926. The summed E-state index contributed by atoms with van der Waals surface area (Å²) in [4.78, 5) is 10.7. The molecule has 0 unspecified atom stereocenters. The molecule has 0 saturated heterocycles. The van der Waals surface area contributed by atoms with Crippen LogP contribution in [0, 0.1) is 0 Å². The van der Waals surface area contributed by atoms with Crippen molar-refractivity contribution in [1.29, 1.82) is 0 Å². The van der Waals surface area contributed by atoms with Gasteiger partial charge >= 0.3 is 6.03 Å². The second kappa shape index (κ2) is 6.27. The molecule has 0 bridgehead atoms. The number of carbonyl (C=O) groups is 1. The summed E-state index contributed by atoms with van der Waals surface area (Å²) < 4.78 is 0. The van der Waals surface area contributed by atoms with E-state index in [9.17, 15) is 4.79 Å². The maximum absolute atomic E-state index is 10.5. The van der Waals surface area contributed by atoms with E-state index in [1.807, 2.05) is 0 Å². The third-order valence-corrected chi connectivity index (χ3v) is 2.44. The van der Waals surface area contributed by atoms with Gasteiger partial charge in [0.2, 0.25) is 0 Å². The molecule has 0 aliphatic rings. The quantitative estimate of drug-likeness (QED) is 0.476. The molecular weight excluding hydrogens is 260 g/mol. The smallest absolute Gasteiger partial charge is 0.312 e. The first-order valence-corrected chi connectivity index (χ1v) is 5.66. The second-order valence-corrected chi connectivity index (χ2v) is 4.15. The van der Waals surface area contributed by atoms with Crippen molar-refractivity contribution < 1.29 is 4.79 Å². The fourth-order valence-corrected chi connectivity index (χ4v) is 1.60. The molecule has 0 fully saturated rings. The number of thiocarbonyl (C=S) groups is 1. The summed E-state index contributed by atoms with van der Waals surface area (Å²) in [6.07, 6.45) is 0. The number of amides is 2. The molecule has 1 rings (SSSR count). The number of nitrogens with two attached hydrogens (primary N) is 2. The Labute approximate surface area is 109 Å². The minimum atomic E-state index is -0.558. The van der Waals surface area contributed by atoms with Gasteiger partial charge in [-0.15, -0.1) is 0 Å². The number of anilines is 1. The number of halogens is 1. The summed E-state index contributed by atoms with van der Waals surface area (Å²) in [5, 5.41) is 6.11. The molecule has 0 saturated carbocycles. The van der Waals surface area contributed by atoms with Gasteiger partial charge in [-0.25, -0.2) is 4.79 Å². The van der Waals surface area contributed by atoms with Crippen LogP contribution in [0.4, 0.5) is 10.5 Å². The van der Waals surface area contributed by atoms with E-state index in [1.54, 1.807) is 18.2 Å². The zero-order valence-corrected chi connectivity index (χ0v) is 10.6. The number of carbonyl (C=O) groups excluding carboxylic acids is 1. The Hall–Kier alpha value is -1.53. The molecule has 5 nitrogen and oxygen atoms in total. The van der Waals surface area contributed by atoms with Crippen LogP contribution in [0.1, 0.15) is 5.56 Å². The van der Waals surface area contributed by atoms with Gasteiger partial charge in [-0.2, -0.15) is 0 Å². The van der Waals surface area contributed by atoms with Gasteiger partial charge < -0.3 is 22.1 Å². The van der Waals surface area contributed by atoms with Crippen LogP contribution in [0.5, 0.6) is 0 Å². The van der Waals surface area contributed by atoms with Gasteiger partial charge in [-0.05, 0) is 18.2 Å². The monoisotopic (exact) mass is 272 g/mol. The number of hydrogen-bond acceptors (Lipinski definition) is 3. The fourth-order valence-electron chi connectivity index (χ4n) is 1.26. The summed E-state index contributed by atoms with van der Waals surface area (Å²) in [6, 6.07) is 4.64. The fraction of sp³-hybridized carbons (Fsp3) is 0.200. The Morgan fingerprint density at radius 2 is 2.06 bits per heavy atom. The van der Waals surface area contributed by atoms with Gasteiger partial charge in [0.1, 0.15) is 4.99 Å². The van der Waals surface area contributed by atoms with Crippen molar-refractivity contribution in [2.45, 2.75) is 0 Å². The van der Waals surface area contributed by atoms with E-state index < -0.39 is 6.03 Å². The molecule has 2 amide bonds. The van der Waals surface area contributed by atoms with E-state index in [0.717, 1.165) is 5.69 Å². The average Bonchev–Trinajstić information content (AvgIpc) is 2.25. The van der Waals surface area contributed by atoms with Crippen LogP contribution in [-0.4, -0.2) is 24.1 Å². The van der Waals surface area contributed by atoms with Crippen LogP contribution in [0.15, 0.2) is 18.2 Å². The first kappa shape index (κ1) is 13.5. The van der Waals surface area contributed by atoms with Crippen LogP contribution in [0.2, 0.25) is 5.02 Å². The molecule has 7 heteroatoms. The maximum Gasteiger partial charge on any atom is 0.312 e. The van der Waals surface area contributed by atoms with Crippen molar-refractivity contribution in [3.63, 3.8) is 0 Å². The van der Waals surface area contributed by atoms with E-state index in [-0.39, 0.29) is 4.99 Å². The van der Waals surface area contributed by atoms with E-state index >= 15 is 0 Å². The third kappa shape index (κ3) is 4.46. The van der Waals surface area contributed by atoms with Crippen molar-refractivity contribution in [3.05, 3.63) is 28.8 Å². The van der Waals surface area contributed by atoms with Gasteiger partial charge in [0, 0.05) is 29.4 Å². The molecule has 0 heterocycles. The minimum Gasteiger partial charge on any atom is -0.389 e. The normalized spacial score (nSPS) is 9.71. The molecule has 6 N–H and O–H groups in total. The molecule has 1 aromatic rings. The predicted molar refractivity (Wildman–Crippen MR) is 73.4 cm³/mol. The summed E-state index contributed by atoms with van der Waals surface area (Å²) >= 11 is 10.8. The lowest BCUT2D eigenvalue weighted by Gasteiger charge is -2.11. The molecule has 1 aromatic carbocycles. The topological polar surface area (TPSA) is 93.2 Å². The molecule has 17 heavy (non-hydrogen) atoms. The molecule has 92 valence electrons. The Bertz CT molecular complexity index is 438. The highest BCUT2D eigenvalue weighted by Crippen LogP contribution is 2.20. The molecule has 0 aliphatic heterocycles. The molecule has 0 spiro atoms. The highest BCUT2D eigenvalue weighted by molar-refractivity contribution is 7.80. The summed E-state index contributed by atoms with van der Waals surface area (Å²) in [5.41, 5.74) is 12.0. The van der Waals surface area contributed by atoms with Crippen LogP contribution >= 0.6 is 23.8 Å². The molecule has 0 atom stereocenters. The number of hydrogen-bond donors (Lipinski definition) is 4. The SMILES string of the molecule is NC(=O)NCCNc1ccc(Cl)cc1C(N)=S. The van der Waals surface area contributed by atoms with Gasteiger partial charge in [0.25, 0.3) is 0 Å². The largest absolute Gasteiger partial charge is 0.389 e. The number of primary amides is 1. The second-order valence-electron chi connectivity index (χ2n) is 3.27. The molecular formula is C10H13ClN4OS. The average molecular weight is 273 g/mol. The van der Waals surface area contributed by atoms with Gasteiger partial charge in [0.15, 0.2) is 0 Å². The lowest BCUT2D eigenvalue weighted by Crippen LogP contribution is -2.33. The van der Waals surface area contributed by atoms with E-state index in [2.05, 4.69) is 10.6 Å². The van der Waals surface area contributed by atoms with Crippen molar-refractivity contribution in [2.75, 3.05) is 18.4 Å². The van der Waals surface area contributed by atoms with Gasteiger partial charge in [-0.3, -0.25) is 0 Å². The lowest BCUT2D eigenvalue weighted by molar-refractivity contribution is 0.249. The number of nitrogens with one attached hydrogen (secondary N) is 2. The van der Waals surface area contributed by atoms with Gasteiger partial charge in [-0.1, -0.05) is 23.8 Å². The summed E-state index contributed by atoms with van der Waals surface area (Å²) in [5.74, 6) is 0. The van der Waals surface area contributed by atoms with Crippen molar-refractivity contribution in [1.82, 2.24) is 5.32 Å². The number of rotatable bonds is 5. The van der Waals surface area contributed by atoms with Crippen LogP contribution < -0.4 is 22.1 Å². The van der Waals surface area contributed by atoms with Crippen molar-refractivity contribution in [3.8, 4) is 0 Å². The third-order valence-electron chi connectivity index (χ3n) is 1.99. The van der Waals surface area contributed by atoms with Crippen LogP contribution in [-0.2, 0) is 0 Å². The highest BCUT2D eigenvalue weighted by Gasteiger charge is 2.05. The Balaban J connectivity index is 2.64. The van der Waals surface area contributed by atoms with E-state index in [1.165, 1.54) is 0 Å². The lowest BCUT2D eigenvalue weighted by atomic mass is 10.2. The highest BCUT2D eigenvalue weighted by atomic mass is 35.5. The first-order valence-electron chi connectivity index (χ1n) is 4.87. The Morgan fingerprint density at radius 3 is 2.65 bits per heavy atom. The molecule has 0 radical (unpaired) electrons. The Kier molecular flexibility index (Phi) is 4.99. The zero-order chi connectivity index (χ0) is 12.8. The van der Waals surface area contributed by atoms with Crippen molar-refractivity contribution in [2.24, 2.45) is 11.5 Å². The van der Waals surface area contributed by atoms with Crippen LogP contribution in [0.3, 0.4) is 0 Å². The van der Waals surface area contributed by atoms with E-state index in [4.69, 9.17) is 35.3 Å². The zero-order valence-electron chi connectivity index (χ0n) is 9.00. The maximum atomic E-state index is 10.5. The summed E-state index contributed by atoms with van der Waals surface area (Å²) in [7, 11) is 0. The van der Waals surface area contributed by atoms with Crippen LogP contribution in [0.25, 0.3) is 0 Å². The first-order chi connectivity index (χ1) is 8.00. The van der Waals surface area contributed by atoms with Gasteiger partial charge in [0.05, 0.1) is 0 Å². The number of benzene rings is 1. The van der Waals surface area contributed by atoms with E-state index in [0.29, 0.717) is 23.7 Å². The standard InChI is InChI=1S/C10H13ClN4OS/c11-6-1-2-8(7(5-6)9(12)17)14-3-4-15-10(13)16/h1-2,5,14H,3-4H2,(H2,12,17)(H3,13,15,16).